The molecule has 1 aliphatic rings. The Morgan fingerprint density at radius 2 is 1.93 bits per heavy atom. The van der Waals surface area contributed by atoms with Crippen LogP contribution in [0.3, 0.4) is 0 Å². The molecule has 1 heterocycles. The van der Waals surface area contributed by atoms with E-state index in [4.69, 9.17) is 9.47 Å². The molecule has 1 aliphatic heterocycles. The minimum atomic E-state index is -3.69. The minimum absolute atomic E-state index is 0.270. The smallest absolute Gasteiger partial charge is 0.240 e. The van der Waals surface area contributed by atoms with Gasteiger partial charge in [-0.3, -0.25) is 9.10 Å². The van der Waals surface area contributed by atoms with Crippen LogP contribution in [-0.2, 0) is 14.8 Å². The van der Waals surface area contributed by atoms with E-state index in [1.165, 1.54) is 27.1 Å². The lowest BCUT2D eigenvalue weighted by Gasteiger charge is -2.24. The lowest BCUT2D eigenvalue weighted by molar-refractivity contribution is -0.119. The van der Waals surface area contributed by atoms with Gasteiger partial charge in [-0.05, 0) is 51.0 Å². The molecule has 1 N–H and O–H groups in total. The third-order valence-electron chi connectivity index (χ3n) is 4.51. The van der Waals surface area contributed by atoms with E-state index in [2.05, 4.69) is 10.2 Å². The van der Waals surface area contributed by atoms with Gasteiger partial charge >= 0.3 is 0 Å². The number of likely N-dealkylation sites (tertiary alicyclic amines) is 1. The van der Waals surface area contributed by atoms with Crippen LogP contribution in [0.1, 0.15) is 19.3 Å². The molecule has 27 heavy (non-hydrogen) atoms. The highest BCUT2D eigenvalue weighted by Crippen LogP contribution is 2.33. The number of nitrogens with one attached hydrogen (secondary N) is 1. The molecule has 0 saturated carbocycles. The van der Waals surface area contributed by atoms with Gasteiger partial charge in [0.25, 0.3) is 0 Å². The van der Waals surface area contributed by atoms with Gasteiger partial charge in [-0.25, -0.2) is 8.42 Å². The number of benzene rings is 1. The molecular formula is C18H29N3O5S. The van der Waals surface area contributed by atoms with Crippen molar-refractivity contribution in [2.24, 2.45) is 0 Å². The predicted octanol–water partition coefficient (Wildman–Crippen LogP) is 1.07. The van der Waals surface area contributed by atoms with Crippen molar-refractivity contribution in [3.8, 4) is 11.5 Å². The average Bonchev–Trinajstić information content (AvgIpc) is 3.15. The fourth-order valence-corrected chi connectivity index (χ4v) is 3.95. The lowest BCUT2D eigenvalue weighted by Crippen LogP contribution is -2.41. The highest BCUT2D eigenvalue weighted by molar-refractivity contribution is 7.92. The Morgan fingerprint density at radius 1 is 1.22 bits per heavy atom. The number of nitrogens with zero attached hydrogens (tertiary/aromatic N) is 2. The number of anilines is 1. The normalized spacial score (nSPS) is 14.8. The van der Waals surface area contributed by atoms with E-state index >= 15 is 0 Å². The maximum atomic E-state index is 12.3. The summed E-state index contributed by atoms with van der Waals surface area (Å²) < 4.78 is 36.0. The number of carbonyl (C=O) groups excluding carboxylic acids is 1. The Labute approximate surface area is 161 Å². The van der Waals surface area contributed by atoms with Gasteiger partial charge < -0.3 is 19.7 Å². The van der Waals surface area contributed by atoms with Crippen molar-refractivity contribution in [1.29, 1.82) is 0 Å². The second kappa shape index (κ2) is 9.80. The fourth-order valence-electron chi connectivity index (χ4n) is 3.10. The highest BCUT2D eigenvalue weighted by Gasteiger charge is 2.24. The number of sulfonamides is 1. The molecule has 152 valence electrons. The van der Waals surface area contributed by atoms with E-state index in [9.17, 15) is 13.2 Å². The molecule has 2 rings (SSSR count). The standard InChI is InChI=1S/C18H29N3O5S/c1-25-15-7-8-17(26-2)16(13-15)21(27(3,23)24)14-18(22)19-9-6-12-20-10-4-5-11-20/h7-8,13H,4-6,9-12,14H2,1-3H3,(H,19,22). The molecule has 0 aliphatic carbocycles. The number of hydrogen-bond acceptors (Lipinski definition) is 6. The van der Waals surface area contributed by atoms with Crippen LogP contribution in [0, 0.1) is 0 Å². The van der Waals surface area contributed by atoms with Gasteiger partial charge in [0, 0.05) is 12.6 Å². The van der Waals surface area contributed by atoms with Crippen LogP contribution >= 0.6 is 0 Å². The summed E-state index contributed by atoms with van der Waals surface area (Å²) in [7, 11) is -0.747. The molecule has 0 bridgehead atoms. The number of amides is 1. The molecule has 0 spiro atoms. The molecule has 1 fully saturated rings. The predicted molar refractivity (Wildman–Crippen MR) is 105 cm³/mol. The summed E-state index contributed by atoms with van der Waals surface area (Å²) in [4.78, 5) is 14.7. The molecule has 1 aromatic rings. The van der Waals surface area contributed by atoms with Crippen LogP contribution in [0.15, 0.2) is 18.2 Å². The third kappa shape index (κ3) is 6.28. The van der Waals surface area contributed by atoms with Crippen LogP contribution < -0.4 is 19.1 Å². The SMILES string of the molecule is COc1ccc(OC)c(N(CC(=O)NCCCN2CCCC2)S(C)(=O)=O)c1. The van der Waals surface area contributed by atoms with E-state index in [0.717, 1.165) is 36.6 Å². The zero-order valence-corrected chi connectivity index (χ0v) is 17.0. The summed E-state index contributed by atoms with van der Waals surface area (Å²) in [5.74, 6) is 0.472. The van der Waals surface area contributed by atoms with E-state index in [1.807, 2.05) is 0 Å². The van der Waals surface area contributed by atoms with Gasteiger partial charge in [0.1, 0.15) is 18.0 Å². The maximum Gasteiger partial charge on any atom is 0.240 e. The van der Waals surface area contributed by atoms with Gasteiger partial charge in [-0.15, -0.1) is 0 Å². The Bertz CT molecular complexity index is 733. The summed E-state index contributed by atoms with van der Waals surface area (Å²) >= 11 is 0. The quantitative estimate of drug-likeness (QED) is 0.592. The summed E-state index contributed by atoms with van der Waals surface area (Å²) in [6, 6.07) is 4.82. The van der Waals surface area contributed by atoms with Crippen LogP contribution in [0.4, 0.5) is 5.69 Å². The molecule has 9 heteroatoms. The van der Waals surface area contributed by atoms with Gasteiger partial charge in [0.05, 0.1) is 26.2 Å². The van der Waals surface area contributed by atoms with E-state index < -0.39 is 10.0 Å². The van der Waals surface area contributed by atoms with Crippen molar-refractivity contribution in [1.82, 2.24) is 10.2 Å². The summed E-state index contributed by atoms with van der Waals surface area (Å²) in [6.45, 7) is 3.38. The van der Waals surface area contributed by atoms with Crippen molar-refractivity contribution < 1.29 is 22.7 Å². The first-order chi connectivity index (χ1) is 12.8. The monoisotopic (exact) mass is 399 g/mol. The van der Waals surface area contributed by atoms with E-state index in [-0.39, 0.29) is 18.1 Å². The molecule has 1 saturated heterocycles. The summed E-state index contributed by atoms with van der Waals surface area (Å²) in [5.41, 5.74) is 0.270. The Balaban J connectivity index is 2.01. The zero-order chi connectivity index (χ0) is 19.9. The molecule has 0 radical (unpaired) electrons. The van der Waals surface area contributed by atoms with Crippen molar-refractivity contribution >= 4 is 21.6 Å². The number of hydrogen-bond donors (Lipinski definition) is 1. The summed E-state index contributed by atoms with van der Waals surface area (Å²) in [6.07, 6.45) is 4.37. The Kier molecular flexibility index (Phi) is 7.73. The first kappa shape index (κ1) is 21.3. The second-order valence-corrected chi connectivity index (χ2v) is 8.47. The van der Waals surface area contributed by atoms with Crippen LogP contribution in [0.5, 0.6) is 11.5 Å². The second-order valence-electron chi connectivity index (χ2n) is 6.56. The zero-order valence-electron chi connectivity index (χ0n) is 16.2. The minimum Gasteiger partial charge on any atom is -0.497 e. The Morgan fingerprint density at radius 3 is 2.52 bits per heavy atom. The third-order valence-corrected chi connectivity index (χ3v) is 5.64. The van der Waals surface area contributed by atoms with Gasteiger partial charge in [-0.1, -0.05) is 0 Å². The molecule has 8 nitrogen and oxygen atoms in total. The van der Waals surface area contributed by atoms with Gasteiger partial charge in [0.2, 0.25) is 15.9 Å². The van der Waals surface area contributed by atoms with Crippen molar-refractivity contribution in [2.45, 2.75) is 19.3 Å². The lowest BCUT2D eigenvalue weighted by atomic mass is 10.2. The molecule has 0 aromatic heterocycles. The molecule has 1 aromatic carbocycles. The van der Waals surface area contributed by atoms with Crippen molar-refractivity contribution in [3.63, 3.8) is 0 Å². The number of rotatable bonds is 10. The van der Waals surface area contributed by atoms with Crippen molar-refractivity contribution in [3.05, 3.63) is 18.2 Å². The molecule has 0 unspecified atom stereocenters. The first-order valence-corrected chi connectivity index (χ1v) is 10.9. The average molecular weight is 400 g/mol. The highest BCUT2D eigenvalue weighted by atomic mass is 32.2. The molecular weight excluding hydrogens is 370 g/mol. The first-order valence-electron chi connectivity index (χ1n) is 9.04. The largest absolute Gasteiger partial charge is 0.497 e. The Hall–Kier alpha value is -2.00. The number of ether oxygens (including phenoxy) is 2. The van der Waals surface area contributed by atoms with Crippen LogP contribution in [0.25, 0.3) is 0 Å². The van der Waals surface area contributed by atoms with E-state index in [1.54, 1.807) is 18.2 Å². The van der Waals surface area contributed by atoms with Gasteiger partial charge in [0.15, 0.2) is 0 Å². The van der Waals surface area contributed by atoms with Crippen molar-refractivity contribution in [2.75, 3.05) is 57.5 Å². The molecule has 0 atom stereocenters. The summed E-state index contributed by atoms with van der Waals surface area (Å²) in [5, 5.41) is 2.80. The topological polar surface area (TPSA) is 88.2 Å². The van der Waals surface area contributed by atoms with Gasteiger partial charge in [-0.2, -0.15) is 0 Å². The van der Waals surface area contributed by atoms with Crippen LogP contribution in [-0.4, -0.2) is 72.4 Å². The maximum absolute atomic E-state index is 12.3. The van der Waals surface area contributed by atoms with Crippen LogP contribution in [0.2, 0.25) is 0 Å². The molecule has 1 amide bonds. The number of carbonyl (C=O) groups is 1. The fraction of sp³-hybridized carbons (Fsp3) is 0.611. The van der Waals surface area contributed by atoms with E-state index in [0.29, 0.717) is 18.0 Å². The number of methoxy groups -OCH3 is 2.